The van der Waals surface area contributed by atoms with Crippen LogP contribution in [0, 0.1) is 0 Å². The summed E-state index contributed by atoms with van der Waals surface area (Å²) in [5.74, 6) is 1.17. The summed E-state index contributed by atoms with van der Waals surface area (Å²) >= 11 is 6.22. The van der Waals surface area contributed by atoms with Crippen LogP contribution in [0.4, 0.5) is 17.2 Å². The molecule has 1 unspecified atom stereocenters. The average Bonchev–Trinajstić information content (AvgIpc) is 2.78. The second kappa shape index (κ2) is 9.82. The van der Waals surface area contributed by atoms with Crippen molar-refractivity contribution in [1.29, 1.82) is 0 Å². The first kappa shape index (κ1) is 22.5. The number of nitrogens with one attached hydrogen (secondary N) is 1. The summed E-state index contributed by atoms with van der Waals surface area (Å²) in [6.45, 7) is 1.88. The number of fused-ring (bicyclic) bond motifs is 1. The van der Waals surface area contributed by atoms with Crippen LogP contribution < -0.4 is 20.3 Å². The van der Waals surface area contributed by atoms with E-state index in [9.17, 15) is 4.79 Å². The second-order valence-electron chi connectivity index (χ2n) is 7.77. The molecule has 1 aliphatic rings. The average molecular weight is 470 g/mol. The van der Waals surface area contributed by atoms with Gasteiger partial charge in [-0.2, -0.15) is 0 Å². The van der Waals surface area contributed by atoms with Crippen LogP contribution in [0.15, 0.2) is 48.8 Å². The van der Waals surface area contributed by atoms with Gasteiger partial charge in [0, 0.05) is 41.5 Å². The monoisotopic (exact) mass is 469 g/mol. The molecule has 2 aromatic heterocycles. The minimum Gasteiger partial charge on any atom is -0.488 e. The van der Waals surface area contributed by atoms with E-state index in [0.29, 0.717) is 42.7 Å². The molecular formula is C23H25ClN5O2P. The Hall–Kier alpha value is -2.73. The summed E-state index contributed by atoms with van der Waals surface area (Å²) in [6.07, 6.45) is 3.85. The first-order valence-corrected chi connectivity index (χ1v) is 11.2. The molecule has 0 saturated carbocycles. The number of pyridine rings is 2. The first-order valence-electron chi connectivity index (χ1n) is 10.3. The van der Waals surface area contributed by atoms with E-state index in [1.165, 1.54) is 0 Å². The first-order chi connectivity index (χ1) is 15.4. The molecule has 9 heteroatoms. The van der Waals surface area contributed by atoms with Crippen LogP contribution in [-0.4, -0.2) is 54.6 Å². The van der Waals surface area contributed by atoms with Crippen molar-refractivity contribution in [1.82, 2.24) is 14.9 Å². The molecular weight excluding hydrogens is 445 g/mol. The number of ether oxygens (including phenoxy) is 1. The Morgan fingerprint density at radius 3 is 2.91 bits per heavy atom. The minimum atomic E-state index is -0.0638. The van der Waals surface area contributed by atoms with Gasteiger partial charge in [0.05, 0.1) is 24.1 Å². The molecule has 0 radical (unpaired) electrons. The Morgan fingerprint density at radius 2 is 2.09 bits per heavy atom. The van der Waals surface area contributed by atoms with Crippen LogP contribution in [0.5, 0.6) is 5.75 Å². The molecule has 32 heavy (non-hydrogen) atoms. The predicted molar refractivity (Wildman–Crippen MR) is 133 cm³/mol. The van der Waals surface area contributed by atoms with Gasteiger partial charge in [0.1, 0.15) is 12.4 Å². The zero-order chi connectivity index (χ0) is 22.7. The van der Waals surface area contributed by atoms with Gasteiger partial charge in [0.2, 0.25) is 5.91 Å². The van der Waals surface area contributed by atoms with E-state index in [0.717, 1.165) is 27.9 Å². The Labute approximate surface area is 195 Å². The molecule has 7 nitrogen and oxygen atoms in total. The zero-order valence-corrected chi connectivity index (χ0v) is 19.9. The van der Waals surface area contributed by atoms with Crippen molar-refractivity contribution in [3.8, 4) is 17.0 Å². The molecule has 0 fully saturated rings. The highest BCUT2D eigenvalue weighted by Crippen LogP contribution is 2.38. The van der Waals surface area contributed by atoms with Gasteiger partial charge in [-0.3, -0.25) is 9.78 Å². The van der Waals surface area contributed by atoms with Crippen molar-refractivity contribution in [2.24, 2.45) is 0 Å². The molecule has 0 aliphatic carbocycles. The highest BCUT2D eigenvalue weighted by atomic mass is 35.5. The zero-order valence-electron chi connectivity index (χ0n) is 18.0. The van der Waals surface area contributed by atoms with Crippen LogP contribution in [0.1, 0.15) is 6.42 Å². The van der Waals surface area contributed by atoms with Crippen LogP contribution in [0.2, 0.25) is 5.02 Å². The molecule has 0 spiro atoms. The molecule has 0 saturated heterocycles. The number of carbonyl (C=O) groups excluding carboxylic acids is 1. The summed E-state index contributed by atoms with van der Waals surface area (Å²) in [6, 6.07) is 11.5. The van der Waals surface area contributed by atoms with Crippen molar-refractivity contribution in [3.63, 3.8) is 0 Å². The van der Waals surface area contributed by atoms with Crippen molar-refractivity contribution in [3.05, 3.63) is 53.8 Å². The van der Waals surface area contributed by atoms with Crippen molar-refractivity contribution in [2.75, 3.05) is 44.0 Å². The molecule has 1 N–H and O–H groups in total. The number of hydrogen-bond donors (Lipinski definition) is 1. The van der Waals surface area contributed by atoms with Crippen molar-refractivity contribution < 1.29 is 9.53 Å². The van der Waals surface area contributed by atoms with Gasteiger partial charge in [0.25, 0.3) is 0 Å². The van der Waals surface area contributed by atoms with Gasteiger partial charge in [-0.25, -0.2) is 4.98 Å². The Bertz CT molecular complexity index is 1140. The van der Waals surface area contributed by atoms with Crippen LogP contribution in [-0.2, 0) is 4.79 Å². The van der Waals surface area contributed by atoms with Gasteiger partial charge >= 0.3 is 0 Å². The lowest BCUT2D eigenvalue weighted by Crippen LogP contribution is -2.29. The SMILES string of the molecule is CN(C)CCC(=O)Nc1cc(N2CCOc3cnc(-c4cc(Cl)ccc4P)cc32)ccn1. The quantitative estimate of drug-likeness (QED) is 0.555. The van der Waals surface area contributed by atoms with E-state index >= 15 is 0 Å². The lowest BCUT2D eigenvalue weighted by atomic mass is 10.1. The summed E-state index contributed by atoms with van der Waals surface area (Å²) in [4.78, 5) is 25.2. The molecule has 166 valence electrons. The number of aromatic nitrogens is 2. The van der Waals surface area contributed by atoms with Gasteiger partial charge in [-0.1, -0.05) is 17.7 Å². The van der Waals surface area contributed by atoms with E-state index in [1.807, 2.05) is 55.4 Å². The van der Waals surface area contributed by atoms with E-state index < -0.39 is 0 Å². The second-order valence-corrected chi connectivity index (χ2v) is 8.83. The molecule has 3 heterocycles. The third-order valence-electron chi connectivity index (χ3n) is 5.11. The topological polar surface area (TPSA) is 70.6 Å². The molecule has 1 aromatic carbocycles. The van der Waals surface area contributed by atoms with Gasteiger partial charge in [-0.15, -0.1) is 9.24 Å². The van der Waals surface area contributed by atoms with Gasteiger partial charge < -0.3 is 19.9 Å². The number of benzene rings is 1. The number of nitrogens with zero attached hydrogens (tertiary/aromatic N) is 4. The summed E-state index contributed by atoms with van der Waals surface area (Å²) in [7, 11) is 6.60. The van der Waals surface area contributed by atoms with Gasteiger partial charge in [-0.05, 0) is 43.7 Å². The lowest BCUT2D eigenvalue weighted by molar-refractivity contribution is -0.116. The van der Waals surface area contributed by atoms with Crippen LogP contribution in [0.25, 0.3) is 11.3 Å². The fraction of sp³-hybridized carbons (Fsp3) is 0.261. The van der Waals surface area contributed by atoms with E-state index in [4.69, 9.17) is 16.3 Å². The molecule has 1 atom stereocenters. The van der Waals surface area contributed by atoms with Crippen molar-refractivity contribution >= 4 is 49.2 Å². The third kappa shape index (κ3) is 5.18. The maximum Gasteiger partial charge on any atom is 0.226 e. The molecule has 0 bridgehead atoms. The van der Waals surface area contributed by atoms with Crippen LogP contribution in [0.3, 0.4) is 0 Å². The highest BCUT2D eigenvalue weighted by Gasteiger charge is 2.22. The van der Waals surface area contributed by atoms with Crippen molar-refractivity contribution in [2.45, 2.75) is 6.42 Å². The largest absolute Gasteiger partial charge is 0.488 e. The Kier molecular flexibility index (Phi) is 6.89. The number of rotatable bonds is 6. The Balaban J connectivity index is 1.63. The van der Waals surface area contributed by atoms with E-state index in [2.05, 4.69) is 29.4 Å². The minimum absolute atomic E-state index is 0.0638. The molecule has 4 rings (SSSR count). The van der Waals surface area contributed by atoms with E-state index in [-0.39, 0.29) is 5.91 Å². The highest BCUT2D eigenvalue weighted by molar-refractivity contribution is 7.28. The summed E-state index contributed by atoms with van der Waals surface area (Å²) in [5, 5.41) is 4.55. The van der Waals surface area contributed by atoms with Gasteiger partial charge in [0.15, 0.2) is 5.75 Å². The number of amides is 1. The number of anilines is 3. The van der Waals surface area contributed by atoms with Crippen LogP contribution >= 0.6 is 20.8 Å². The Morgan fingerprint density at radius 1 is 1.25 bits per heavy atom. The lowest BCUT2D eigenvalue weighted by Gasteiger charge is -2.31. The maximum atomic E-state index is 12.2. The number of hydrogen-bond acceptors (Lipinski definition) is 6. The fourth-order valence-corrected chi connectivity index (χ4v) is 3.97. The summed E-state index contributed by atoms with van der Waals surface area (Å²) in [5.41, 5.74) is 3.57. The fourth-order valence-electron chi connectivity index (χ4n) is 3.47. The molecule has 1 amide bonds. The maximum absolute atomic E-state index is 12.2. The summed E-state index contributed by atoms with van der Waals surface area (Å²) < 4.78 is 5.84. The smallest absolute Gasteiger partial charge is 0.226 e. The normalized spacial score (nSPS) is 13.0. The number of carbonyl (C=O) groups is 1. The molecule has 3 aromatic rings. The third-order valence-corrected chi connectivity index (χ3v) is 5.85. The molecule has 1 aliphatic heterocycles. The van der Waals surface area contributed by atoms with E-state index in [1.54, 1.807) is 12.4 Å². The number of halogens is 1. The standard InChI is InChI=1S/C23H25ClN5O2P/c1-28(2)8-6-23(30)27-22-12-16(5-7-25-22)29-9-10-31-20-14-26-18(13-19(20)29)17-11-15(24)3-4-21(17)32/h3-5,7,11-14H,6,8-10,32H2,1-2H3,(H,25,27,30). The predicted octanol–water partition coefficient (Wildman–Crippen LogP) is 3.72.